The SMILES string of the molecule is CN1CCC(N(C)CCCCC(C)(N)CO)CC1. The predicted octanol–water partition coefficient (Wildman–Crippen LogP) is 0.892. The van der Waals surface area contributed by atoms with Crippen LogP contribution in [0.25, 0.3) is 0 Å². The minimum atomic E-state index is -0.397. The molecular weight excluding hydrogens is 226 g/mol. The van der Waals surface area contributed by atoms with Crippen LogP contribution in [-0.2, 0) is 0 Å². The number of nitrogens with zero attached hydrogens (tertiary/aromatic N) is 2. The molecule has 1 fully saturated rings. The number of rotatable bonds is 7. The summed E-state index contributed by atoms with van der Waals surface area (Å²) in [6.07, 6.45) is 5.77. The maximum Gasteiger partial charge on any atom is 0.0608 e. The predicted molar refractivity (Wildman–Crippen MR) is 76.7 cm³/mol. The quantitative estimate of drug-likeness (QED) is 0.665. The van der Waals surface area contributed by atoms with Gasteiger partial charge in [-0.15, -0.1) is 0 Å². The van der Waals surface area contributed by atoms with Crippen LogP contribution in [-0.4, -0.2) is 66.8 Å². The molecule has 108 valence electrons. The minimum Gasteiger partial charge on any atom is -0.394 e. The summed E-state index contributed by atoms with van der Waals surface area (Å²) in [5.74, 6) is 0. The Morgan fingerprint density at radius 2 is 1.94 bits per heavy atom. The lowest BCUT2D eigenvalue weighted by Gasteiger charge is -2.35. The van der Waals surface area contributed by atoms with Crippen LogP contribution < -0.4 is 5.73 Å². The highest BCUT2D eigenvalue weighted by Gasteiger charge is 2.20. The summed E-state index contributed by atoms with van der Waals surface area (Å²) >= 11 is 0. The van der Waals surface area contributed by atoms with Crippen molar-refractivity contribution in [2.24, 2.45) is 5.73 Å². The van der Waals surface area contributed by atoms with Gasteiger partial charge in [-0.25, -0.2) is 0 Å². The van der Waals surface area contributed by atoms with E-state index in [1.165, 1.54) is 32.4 Å². The van der Waals surface area contributed by atoms with Gasteiger partial charge in [0, 0.05) is 11.6 Å². The Morgan fingerprint density at radius 1 is 1.33 bits per heavy atom. The molecule has 0 spiro atoms. The van der Waals surface area contributed by atoms with Gasteiger partial charge in [0.05, 0.1) is 6.61 Å². The van der Waals surface area contributed by atoms with Crippen molar-refractivity contribution in [2.75, 3.05) is 40.3 Å². The van der Waals surface area contributed by atoms with Gasteiger partial charge >= 0.3 is 0 Å². The molecule has 4 nitrogen and oxygen atoms in total. The molecule has 0 bridgehead atoms. The highest BCUT2D eigenvalue weighted by atomic mass is 16.3. The molecule has 4 heteroatoms. The Labute approximate surface area is 112 Å². The van der Waals surface area contributed by atoms with E-state index in [4.69, 9.17) is 10.8 Å². The summed E-state index contributed by atoms with van der Waals surface area (Å²) in [7, 11) is 4.44. The molecule has 1 atom stereocenters. The Balaban J connectivity index is 2.12. The molecule has 0 radical (unpaired) electrons. The third kappa shape index (κ3) is 5.65. The molecule has 0 aliphatic carbocycles. The average molecular weight is 257 g/mol. The summed E-state index contributed by atoms with van der Waals surface area (Å²) in [6.45, 7) is 5.60. The molecule has 1 aliphatic rings. The van der Waals surface area contributed by atoms with Gasteiger partial charge in [0.2, 0.25) is 0 Å². The number of aliphatic hydroxyl groups is 1. The monoisotopic (exact) mass is 257 g/mol. The highest BCUT2D eigenvalue weighted by Crippen LogP contribution is 2.16. The summed E-state index contributed by atoms with van der Waals surface area (Å²) in [5, 5.41) is 9.09. The fourth-order valence-corrected chi connectivity index (χ4v) is 2.59. The zero-order valence-corrected chi connectivity index (χ0v) is 12.4. The number of piperidine rings is 1. The molecule has 0 aromatic rings. The summed E-state index contributed by atoms with van der Waals surface area (Å²) in [5.41, 5.74) is 5.53. The second-order valence-electron chi connectivity index (χ2n) is 6.28. The van der Waals surface area contributed by atoms with Crippen molar-refractivity contribution >= 4 is 0 Å². The first kappa shape index (κ1) is 15.9. The number of nitrogens with two attached hydrogens (primary N) is 1. The van der Waals surface area contributed by atoms with Crippen LogP contribution in [0.4, 0.5) is 0 Å². The second kappa shape index (κ2) is 7.43. The molecule has 1 aliphatic heterocycles. The topological polar surface area (TPSA) is 52.7 Å². The van der Waals surface area contributed by atoms with Crippen LogP contribution in [0.15, 0.2) is 0 Å². The Kier molecular flexibility index (Phi) is 6.57. The van der Waals surface area contributed by atoms with E-state index in [0.29, 0.717) is 0 Å². The smallest absolute Gasteiger partial charge is 0.0608 e. The van der Waals surface area contributed by atoms with E-state index in [1.54, 1.807) is 0 Å². The van der Waals surface area contributed by atoms with E-state index >= 15 is 0 Å². The highest BCUT2D eigenvalue weighted by molar-refractivity contribution is 4.79. The Hall–Kier alpha value is -0.160. The van der Waals surface area contributed by atoms with E-state index in [-0.39, 0.29) is 6.61 Å². The standard InChI is InChI=1S/C14H31N3O/c1-14(15,12-18)8-4-5-9-17(3)13-6-10-16(2)11-7-13/h13,18H,4-12,15H2,1-3H3. The van der Waals surface area contributed by atoms with E-state index in [1.807, 2.05) is 6.92 Å². The van der Waals surface area contributed by atoms with E-state index in [0.717, 1.165) is 25.4 Å². The average Bonchev–Trinajstić information content (AvgIpc) is 2.35. The maximum absolute atomic E-state index is 9.09. The third-order valence-corrected chi connectivity index (χ3v) is 4.18. The summed E-state index contributed by atoms with van der Waals surface area (Å²) in [4.78, 5) is 4.91. The lowest BCUT2D eigenvalue weighted by atomic mass is 9.97. The molecule has 18 heavy (non-hydrogen) atoms. The van der Waals surface area contributed by atoms with Crippen molar-refractivity contribution in [3.05, 3.63) is 0 Å². The van der Waals surface area contributed by atoms with E-state index < -0.39 is 5.54 Å². The molecule has 1 saturated heterocycles. The lowest BCUT2D eigenvalue weighted by Crippen LogP contribution is -2.42. The van der Waals surface area contributed by atoms with Gasteiger partial charge < -0.3 is 20.6 Å². The van der Waals surface area contributed by atoms with Crippen LogP contribution in [0, 0.1) is 0 Å². The Bertz CT molecular complexity index is 225. The van der Waals surface area contributed by atoms with E-state index in [2.05, 4.69) is 23.9 Å². The normalized spacial score (nSPS) is 22.3. The fraction of sp³-hybridized carbons (Fsp3) is 1.00. The van der Waals surface area contributed by atoms with Gasteiger partial charge in [0.1, 0.15) is 0 Å². The second-order valence-corrected chi connectivity index (χ2v) is 6.28. The van der Waals surface area contributed by atoms with Crippen molar-refractivity contribution in [1.29, 1.82) is 0 Å². The number of likely N-dealkylation sites (tertiary alicyclic amines) is 1. The third-order valence-electron chi connectivity index (χ3n) is 4.18. The summed E-state index contributed by atoms with van der Waals surface area (Å²) < 4.78 is 0. The van der Waals surface area contributed by atoms with Crippen LogP contribution >= 0.6 is 0 Å². The van der Waals surface area contributed by atoms with Crippen LogP contribution in [0.1, 0.15) is 39.0 Å². The van der Waals surface area contributed by atoms with Crippen molar-refractivity contribution in [3.63, 3.8) is 0 Å². The number of hydrogen-bond donors (Lipinski definition) is 2. The van der Waals surface area contributed by atoms with Gasteiger partial charge in [0.15, 0.2) is 0 Å². The molecule has 1 rings (SSSR count). The molecule has 0 aromatic carbocycles. The first-order valence-electron chi connectivity index (χ1n) is 7.23. The van der Waals surface area contributed by atoms with Crippen molar-refractivity contribution in [2.45, 2.75) is 50.6 Å². The molecular formula is C14H31N3O. The van der Waals surface area contributed by atoms with Gasteiger partial charge in [-0.2, -0.15) is 0 Å². The molecule has 0 amide bonds. The number of aliphatic hydroxyl groups excluding tert-OH is 1. The van der Waals surface area contributed by atoms with Crippen molar-refractivity contribution in [1.82, 2.24) is 9.80 Å². The lowest BCUT2D eigenvalue weighted by molar-refractivity contribution is 0.140. The summed E-state index contributed by atoms with van der Waals surface area (Å²) in [6, 6.07) is 0.753. The van der Waals surface area contributed by atoms with Gasteiger partial charge in [-0.3, -0.25) is 0 Å². The van der Waals surface area contributed by atoms with Crippen LogP contribution in [0.2, 0.25) is 0 Å². The minimum absolute atomic E-state index is 0.0811. The first-order chi connectivity index (χ1) is 8.44. The molecule has 0 aromatic heterocycles. The van der Waals surface area contributed by atoms with Crippen LogP contribution in [0.3, 0.4) is 0 Å². The first-order valence-corrected chi connectivity index (χ1v) is 7.23. The van der Waals surface area contributed by atoms with Gasteiger partial charge in [0.25, 0.3) is 0 Å². The molecule has 1 unspecified atom stereocenters. The van der Waals surface area contributed by atoms with Crippen molar-refractivity contribution < 1.29 is 5.11 Å². The molecule has 0 saturated carbocycles. The number of hydrogen-bond acceptors (Lipinski definition) is 4. The maximum atomic E-state index is 9.09. The molecule has 3 N–H and O–H groups in total. The van der Waals surface area contributed by atoms with Crippen molar-refractivity contribution in [3.8, 4) is 0 Å². The zero-order chi connectivity index (χ0) is 13.6. The largest absolute Gasteiger partial charge is 0.394 e. The van der Waals surface area contributed by atoms with E-state index in [9.17, 15) is 0 Å². The van der Waals surface area contributed by atoms with Gasteiger partial charge in [-0.1, -0.05) is 6.42 Å². The molecule has 1 heterocycles. The van der Waals surface area contributed by atoms with Gasteiger partial charge in [-0.05, 0) is 66.3 Å². The van der Waals surface area contributed by atoms with Crippen LogP contribution in [0.5, 0.6) is 0 Å². The number of unbranched alkanes of at least 4 members (excludes halogenated alkanes) is 1. The Morgan fingerprint density at radius 3 is 2.50 bits per heavy atom. The fourth-order valence-electron chi connectivity index (χ4n) is 2.59. The zero-order valence-electron chi connectivity index (χ0n) is 12.4.